The molecule has 1 aromatic heterocycles. The second kappa shape index (κ2) is 5.80. The van der Waals surface area contributed by atoms with Gasteiger partial charge in [0.05, 0.1) is 25.3 Å². The third kappa shape index (κ3) is 2.94. The summed E-state index contributed by atoms with van der Waals surface area (Å²) in [4.78, 5) is 24.3. The fourth-order valence-corrected chi connectivity index (χ4v) is 2.82. The molecule has 0 aliphatic carbocycles. The van der Waals surface area contributed by atoms with E-state index in [1.165, 1.54) is 0 Å². The average Bonchev–Trinajstić information content (AvgIpc) is 3.00. The molecule has 1 saturated heterocycles. The molecule has 1 fully saturated rings. The molecule has 0 radical (unpaired) electrons. The van der Waals surface area contributed by atoms with Gasteiger partial charge in [-0.1, -0.05) is 6.07 Å². The van der Waals surface area contributed by atoms with Crippen LogP contribution < -0.4 is 10.6 Å². The van der Waals surface area contributed by atoms with Gasteiger partial charge in [0.15, 0.2) is 0 Å². The van der Waals surface area contributed by atoms with Crippen molar-refractivity contribution in [2.45, 2.75) is 25.9 Å². The van der Waals surface area contributed by atoms with Crippen molar-refractivity contribution in [1.82, 2.24) is 10.6 Å². The molecular formula is C13H18N2O4S. The molecule has 2 heterocycles. The molecule has 0 bridgehead atoms. The van der Waals surface area contributed by atoms with E-state index in [4.69, 9.17) is 4.74 Å². The van der Waals surface area contributed by atoms with Crippen LogP contribution in [0.3, 0.4) is 0 Å². The molecule has 110 valence electrons. The second-order valence-corrected chi connectivity index (χ2v) is 6.12. The van der Waals surface area contributed by atoms with E-state index in [0.29, 0.717) is 0 Å². The van der Waals surface area contributed by atoms with Crippen LogP contribution in [0, 0.1) is 5.41 Å². The van der Waals surface area contributed by atoms with Crippen molar-refractivity contribution < 1.29 is 19.4 Å². The molecule has 7 heteroatoms. The standard InChI is InChI=1S/C13H18N2O4S/c1-8(9-4-3-5-20-9)14-12(18)15-10-6-19-7-13(10,2)11(16)17/h3-5,8,10H,6-7H2,1-2H3,(H,16,17)(H2,14,15,18). The summed E-state index contributed by atoms with van der Waals surface area (Å²) in [6, 6.07) is 2.83. The first-order valence-corrected chi connectivity index (χ1v) is 7.23. The molecule has 6 nitrogen and oxygen atoms in total. The number of thiophene rings is 1. The van der Waals surface area contributed by atoms with Crippen molar-refractivity contribution in [3.63, 3.8) is 0 Å². The predicted molar refractivity (Wildman–Crippen MR) is 74.8 cm³/mol. The highest BCUT2D eigenvalue weighted by molar-refractivity contribution is 7.10. The molecule has 0 spiro atoms. The minimum Gasteiger partial charge on any atom is -0.481 e. The molecule has 2 rings (SSSR count). The molecule has 20 heavy (non-hydrogen) atoms. The van der Waals surface area contributed by atoms with Crippen LogP contribution in [-0.4, -0.2) is 36.4 Å². The van der Waals surface area contributed by atoms with Gasteiger partial charge in [-0.15, -0.1) is 11.3 Å². The van der Waals surface area contributed by atoms with Crippen LogP contribution in [0.5, 0.6) is 0 Å². The van der Waals surface area contributed by atoms with E-state index >= 15 is 0 Å². The average molecular weight is 298 g/mol. The van der Waals surface area contributed by atoms with Gasteiger partial charge in [0.1, 0.15) is 5.41 Å². The van der Waals surface area contributed by atoms with Crippen LogP contribution >= 0.6 is 11.3 Å². The maximum atomic E-state index is 11.9. The molecule has 1 aromatic rings. The number of carboxylic acids is 1. The van der Waals surface area contributed by atoms with Gasteiger partial charge in [-0.2, -0.15) is 0 Å². The van der Waals surface area contributed by atoms with Gasteiger partial charge >= 0.3 is 12.0 Å². The lowest BCUT2D eigenvalue weighted by Gasteiger charge is -2.26. The van der Waals surface area contributed by atoms with Crippen molar-refractivity contribution in [3.8, 4) is 0 Å². The molecule has 1 aliphatic rings. The minimum atomic E-state index is -1.08. The van der Waals surface area contributed by atoms with Crippen LogP contribution in [0.1, 0.15) is 24.8 Å². The van der Waals surface area contributed by atoms with Crippen LogP contribution in [-0.2, 0) is 9.53 Å². The lowest BCUT2D eigenvalue weighted by Crippen LogP contribution is -2.52. The van der Waals surface area contributed by atoms with Crippen LogP contribution in [0.2, 0.25) is 0 Å². The first kappa shape index (κ1) is 14.8. The number of rotatable bonds is 4. The Bertz CT molecular complexity index is 491. The van der Waals surface area contributed by atoms with E-state index in [2.05, 4.69) is 10.6 Å². The zero-order valence-corrected chi connectivity index (χ0v) is 12.2. The molecule has 2 amide bonds. The van der Waals surface area contributed by atoms with Crippen molar-refractivity contribution in [2.24, 2.45) is 5.41 Å². The van der Waals surface area contributed by atoms with E-state index in [1.807, 2.05) is 24.4 Å². The Labute approximate surface area is 121 Å². The zero-order valence-electron chi connectivity index (χ0n) is 11.4. The fourth-order valence-electron chi connectivity index (χ4n) is 2.09. The Kier molecular flexibility index (Phi) is 4.29. The number of hydrogen-bond acceptors (Lipinski definition) is 4. The summed E-state index contributed by atoms with van der Waals surface area (Å²) in [5.41, 5.74) is -1.08. The summed E-state index contributed by atoms with van der Waals surface area (Å²) in [5.74, 6) is -0.966. The van der Waals surface area contributed by atoms with Crippen LogP contribution in [0.15, 0.2) is 17.5 Å². The van der Waals surface area contributed by atoms with Gasteiger partial charge < -0.3 is 20.5 Å². The minimum absolute atomic E-state index is 0.105. The van der Waals surface area contributed by atoms with Gasteiger partial charge in [0.2, 0.25) is 0 Å². The van der Waals surface area contributed by atoms with Crippen molar-refractivity contribution >= 4 is 23.3 Å². The topological polar surface area (TPSA) is 87.7 Å². The Hall–Kier alpha value is -1.60. The third-order valence-electron chi connectivity index (χ3n) is 3.57. The van der Waals surface area contributed by atoms with Gasteiger partial charge in [-0.25, -0.2) is 4.79 Å². The van der Waals surface area contributed by atoms with E-state index in [1.54, 1.807) is 18.3 Å². The van der Waals surface area contributed by atoms with Crippen molar-refractivity contribution in [3.05, 3.63) is 22.4 Å². The number of hydrogen-bond donors (Lipinski definition) is 3. The normalized spacial score (nSPS) is 27.0. The molecule has 3 N–H and O–H groups in total. The maximum absolute atomic E-state index is 11.9. The second-order valence-electron chi connectivity index (χ2n) is 5.15. The lowest BCUT2D eigenvalue weighted by molar-refractivity contribution is -0.148. The first-order chi connectivity index (χ1) is 9.43. The Morgan fingerprint density at radius 3 is 2.95 bits per heavy atom. The summed E-state index contributed by atoms with van der Waals surface area (Å²) in [6.45, 7) is 3.78. The summed E-state index contributed by atoms with van der Waals surface area (Å²) in [5, 5.41) is 16.7. The number of nitrogens with one attached hydrogen (secondary N) is 2. The number of aliphatic carboxylic acids is 1. The Morgan fingerprint density at radius 1 is 1.60 bits per heavy atom. The van der Waals surface area contributed by atoms with Gasteiger partial charge in [-0.05, 0) is 25.3 Å². The molecule has 0 aromatic carbocycles. The summed E-state index contributed by atoms with van der Waals surface area (Å²) in [7, 11) is 0. The fraction of sp³-hybridized carbons (Fsp3) is 0.538. The highest BCUT2D eigenvalue weighted by Gasteiger charge is 2.47. The summed E-state index contributed by atoms with van der Waals surface area (Å²) in [6.07, 6.45) is 0. The molecule has 3 unspecified atom stereocenters. The number of amides is 2. The lowest BCUT2D eigenvalue weighted by atomic mass is 9.85. The van der Waals surface area contributed by atoms with E-state index < -0.39 is 17.4 Å². The van der Waals surface area contributed by atoms with Gasteiger partial charge in [0, 0.05) is 4.88 Å². The smallest absolute Gasteiger partial charge is 0.315 e. The molecule has 3 atom stereocenters. The Balaban J connectivity index is 1.93. The quantitative estimate of drug-likeness (QED) is 0.788. The number of ether oxygens (including phenoxy) is 1. The maximum Gasteiger partial charge on any atom is 0.315 e. The molecular weight excluding hydrogens is 280 g/mol. The highest BCUT2D eigenvalue weighted by Crippen LogP contribution is 2.28. The Morgan fingerprint density at radius 2 is 2.35 bits per heavy atom. The summed E-state index contributed by atoms with van der Waals surface area (Å²) >= 11 is 1.56. The highest BCUT2D eigenvalue weighted by atomic mass is 32.1. The number of carbonyl (C=O) groups is 2. The number of urea groups is 1. The number of carbonyl (C=O) groups excluding carboxylic acids is 1. The zero-order chi connectivity index (χ0) is 14.8. The predicted octanol–water partition coefficient (Wildman–Crippen LogP) is 1.60. The van der Waals surface area contributed by atoms with Crippen LogP contribution in [0.25, 0.3) is 0 Å². The summed E-state index contributed by atoms with van der Waals surface area (Å²) < 4.78 is 5.19. The van der Waals surface area contributed by atoms with E-state index in [-0.39, 0.29) is 25.3 Å². The van der Waals surface area contributed by atoms with Crippen molar-refractivity contribution in [1.29, 1.82) is 0 Å². The van der Waals surface area contributed by atoms with E-state index in [9.17, 15) is 14.7 Å². The SMILES string of the molecule is CC(NC(=O)NC1COCC1(C)C(=O)O)c1cccs1. The van der Waals surface area contributed by atoms with Crippen LogP contribution in [0.4, 0.5) is 4.79 Å². The monoisotopic (exact) mass is 298 g/mol. The molecule has 0 saturated carbocycles. The van der Waals surface area contributed by atoms with E-state index in [0.717, 1.165) is 4.88 Å². The van der Waals surface area contributed by atoms with Gasteiger partial charge in [0.25, 0.3) is 0 Å². The molecule has 1 aliphatic heterocycles. The van der Waals surface area contributed by atoms with Gasteiger partial charge in [-0.3, -0.25) is 4.79 Å². The largest absolute Gasteiger partial charge is 0.481 e. The van der Waals surface area contributed by atoms with Crippen molar-refractivity contribution in [2.75, 3.05) is 13.2 Å². The first-order valence-electron chi connectivity index (χ1n) is 6.35. The third-order valence-corrected chi connectivity index (χ3v) is 4.62. The number of carboxylic acid groups (broad SMARTS) is 1.